The van der Waals surface area contributed by atoms with E-state index in [1.54, 1.807) is 31.4 Å². The van der Waals surface area contributed by atoms with Gasteiger partial charge in [0.25, 0.3) is 0 Å². The largest absolute Gasteiger partial charge is 0.497 e. The fourth-order valence-electron chi connectivity index (χ4n) is 2.86. The maximum Gasteiger partial charge on any atom is 0.231 e. The highest BCUT2D eigenvalue weighted by Crippen LogP contribution is 2.35. The van der Waals surface area contributed by atoms with Crippen molar-refractivity contribution in [2.45, 2.75) is 6.61 Å². The number of benzene rings is 3. The van der Waals surface area contributed by atoms with Crippen molar-refractivity contribution < 1.29 is 19.0 Å². The number of ketones is 1. The Morgan fingerprint density at radius 3 is 2.39 bits per heavy atom. The third kappa shape index (κ3) is 3.94. The van der Waals surface area contributed by atoms with Crippen LogP contribution in [0, 0.1) is 0 Å². The molecular weight excluding hydrogens is 420 g/mol. The monoisotopic (exact) mass is 436 g/mol. The van der Waals surface area contributed by atoms with Crippen molar-refractivity contribution in [2.24, 2.45) is 0 Å². The predicted octanol–water partition coefficient (Wildman–Crippen LogP) is 5.65. The second kappa shape index (κ2) is 7.90. The second-order valence-electron chi connectivity index (χ2n) is 6.29. The molecule has 1 aliphatic heterocycles. The van der Waals surface area contributed by atoms with Crippen LogP contribution in [0.1, 0.15) is 21.5 Å². The molecule has 140 valence electrons. The van der Waals surface area contributed by atoms with Gasteiger partial charge in [-0.15, -0.1) is 0 Å². The SMILES string of the molecule is COc1ccc(/C=C2\Oc3cc(OCc4ccc(Br)cc4)ccc3C2=O)cc1. The molecule has 0 N–H and O–H groups in total. The van der Waals surface area contributed by atoms with Crippen LogP contribution in [0.25, 0.3) is 6.08 Å². The van der Waals surface area contributed by atoms with E-state index in [4.69, 9.17) is 14.2 Å². The summed E-state index contributed by atoms with van der Waals surface area (Å²) in [5.41, 5.74) is 2.46. The van der Waals surface area contributed by atoms with E-state index in [0.29, 0.717) is 29.4 Å². The first-order valence-corrected chi connectivity index (χ1v) is 9.51. The molecule has 3 aromatic carbocycles. The van der Waals surface area contributed by atoms with E-state index in [2.05, 4.69) is 15.9 Å². The number of carbonyl (C=O) groups is 1. The summed E-state index contributed by atoms with van der Waals surface area (Å²) >= 11 is 3.42. The van der Waals surface area contributed by atoms with Gasteiger partial charge in [0, 0.05) is 10.5 Å². The Labute approximate surface area is 171 Å². The van der Waals surface area contributed by atoms with Gasteiger partial charge >= 0.3 is 0 Å². The maximum absolute atomic E-state index is 12.6. The molecule has 0 saturated carbocycles. The molecule has 0 bridgehead atoms. The third-order valence-corrected chi connectivity index (χ3v) is 4.90. The molecule has 0 amide bonds. The number of halogens is 1. The maximum atomic E-state index is 12.6. The molecule has 0 aromatic heterocycles. The van der Waals surface area contributed by atoms with Gasteiger partial charge in [-0.2, -0.15) is 0 Å². The summed E-state index contributed by atoms with van der Waals surface area (Å²) in [4.78, 5) is 12.6. The lowest BCUT2D eigenvalue weighted by molar-refractivity contribution is 0.101. The summed E-state index contributed by atoms with van der Waals surface area (Å²) in [6.45, 7) is 0.439. The number of methoxy groups -OCH3 is 1. The molecule has 1 heterocycles. The molecule has 5 heteroatoms. The predicted molar refractivity (Wildman–Crippen MR) is 111 cm³/mol. The normalized spacial score (nSPS) is 13.9. The smallest absolute Gasteiger partial charge is 0.231 e. The van der Waals surface area contributed by atoms with Crippen LogP contribution in [0.5, 0.6) is 17.2 Å². The van der Waals surface area contributed by atoms with E-state index in [-0.39, 0.29) is 5.78 Å². The molecule has 4 rings (SSSR count). The van der Waals surface area contributed by atoms with E-state index >= 15 is 0 Å². The van der Waals surface area contributed by atoms with Crippen LogP contribution < -0.4 is 14.2 Å². The van der Waals surface area contributed by atoms with Gasteiger partial charge in [0.15, 0.2) is 5.76 Å². The summed E-state index contributed by atoms with van der Waals surface area (Å²) in [5, 5.41) is 0. The summed E-state index contributed by atoms with van der Waals surface area (Å²) in [6, 6.07) is 20.6. The number of ether oxygens (including phenoxy) is 3. The van der Waals surface area contributed by atoms with E-state index in [9.17, 15) is 4.79 Å². The third-order valence-electron chi connectivity index (χ3n) is 4.37. The van der Waals surface area contributed by atoms with Crippen LogP contribution in [-0.4, -0.2) is 12.9 Å². The van der Waals surface area contributed by atoms with E-state index < -0.39 is 0 Å². The Balaban J connectivity index is 1.49. The summed E-state index contributed by atoms with van der Waals surface area (Å²) in [6.07, 6.45) is 1.73. The van der Waals surface area contributed by atoms with Gasteiger partial charge in [-0.25, -0.2) is 0 Å². The van der Waals surface area contributed by atoms with Gasteiger partial charge < -0.3 is 14.2 Å². The Hall–Kier alpha value is -3.05. The van der Waals surface area contributed by atoms with Gasteiger partial charge in [-0.05, 0) is 53.6 Å². The van der Waals surface area contributed by atoms with Crippen molar-refractivity contribution >= 4 is 27.8 Å². The average Bonchev–Trinajstić information content (AvgIpc) is 3.03. The Morgan fingerprint density at radius 1 is 0.964 bits per heavy atom. The van der Waals surface area contributed by atoms with Crippen LogP contribution in [0.4, 0.5) is 0 Å². The van der Waals surface area contributed by atoms with Gasteiger partial charge in [-0.3, -0.25) is 4.79 Å². The Kier molecular flexibility index (Phi) is 5.17. The fourth-order valence-corrected chi connectivity index (χ4v) is 3.12. The van der Waals surface area contributed by atoms with Gasteiger partial charge in [-0.1, -0.05) is 40.2 Å². The minimum atomic E-state index is -0.134. The van der Waals surface area contributed by atoms with E-state index in [1.165, 1.54) is 0 Å². The van der Waals surface area contributed by atoms with Gasteiger partial charge in [0.1, 0.15) is 23.9 Å². The molecule has 0 saturated heterocycles. The lowest BCUT2D eigenvalue weighted by atomic mass is 10.1. The van der Waals surface area contributed by atoms with Crippen LogP contribution in [0.15, 0.2) is 77.0 Å². The zero-order chi connectivity index (χ0) is 19.5. The van der Waals surface area contributed by atoms with Crippen LogP contribution >= 0.6 is 15.9 Å². The first-order chi connectivity index (χ1) is 13.6. The highest BCUT2D eigenvalue weighted by atomic mass is 79.9. The summed E-state index contributed by atoms with van der Waals surface area (Å²) < 4.78 is 17.8. The number of hydrogen-bond acceptors (Lipinski definition) is 4. The van der Waals surface area contributed by atoms with Crippen LogP contribution in [-0.2, 0) is 6.61 Å². The number of rotatable bonds is 5. The molecule has 0 unspecified atom stereocenters. The minimum absolute atomic E-state index is 0.134. The molecule has 4 nitrogen and oxygen atoms in total. The van der Waals surface area contributed by atoms with E-state index in [0.717, 1.165) is 21.3 Å². The fraction of sp³-hybridized carbons (Fsp3) is 0.0870. The Morgan fingerprint density at radius 2 is 1.68 bits per heavy atom. The standard InChI is InChI=1S/C23H17BrO4/c1-26-18-8-4-15(5-9-18)12-22-23(25)20-11-10-19(13-21(20)28-22)27-14-16-2-6-17(24)7-3-16/h2-13H,14H2,1H3/b22-12-. The highest BCUT2D eigenvalue weighted by molar-refractivity contribution is 9.10. The first kappa shape index (κ1) is 18.3. The first-order valence-electron chi connectivity index (χ1n) is 8.72. The number of carbonyl (C=O) groups excluding carboxylic acids is 1. The van der Waals surface area contributed by atoms with Crippen LogP contribution in [0.3, 0.4) is 0 Å². The van der Waals surface area contributed by atoms with Crippen molar-refractivity contribution in [3.05, 3.63) is 93.7 Å². The van der Waals surface area contributed by atoms with Crippen molar-refractivity contribution in [1.82, 2.24) is 0 Å². The zero-order valence-corrected chi connectivity index (χ0v) is 16.7. The van der Waals surface area contributed by atoms with Crippen molar-refractivity contribution in [1.29, 1.82) is 0 Å². The molecule has 3 aromatic rings. The highest BCUT2D eigenvalue weighted by Gasteiger charge is 2.27. The van der Waals surface area contributed by atoms with Crippen molar-refractivity contribution in [3.63, 3.8) is 0 Å². The molecule has 0 fully saturated rings. The van der Waals surface area contributed by atoms with Gasteiger partial charge in [0.2, 0.25) is 5.78 Å². The number of fused-ring (bicyclic) bond motifs is 1. The zero-order valence-electron chi connectivity index (χ0n) is 15.1. The quantitative estimate of drug-likeness (QED) is 0.484. The minimum Gasteiger partial charge on any atom is -0.497 e. The summed E-state index contributed by atoms with van der Waals surface area (Å²) in [7, 11) is 1.62. The lowest BCUT2D eigenvalue weighted by Crippen LogP contribution is -1.98. The molecule has 0 radical (unpaired) electrons. The second-order valence-corrected chi connectivity index (χ2v) is 7.20. The van der Waals surface area contributed by atoms with Crippen molar-refractivity contribution in [2.75, 3.05) is 7.11 Å². The molecule has 0 spiro atoms. The van der Waals surface area contributed by atoms with Gasteiger partial charge in [0.05, 0.1) is 12.7 Å². The molecule has 1 aliphatic rings. The van der Waals surface area contributed by atoms with Crippen LogP contribution in [0.2, 0.25) is 0 Å². The summed E-state index contributed by atoms with van der Waals surface area (Å²) in [5.74, 6) is 2.09. The van der Waals surface area contributed by atoms with E-state index in [1.807, 2.05) is 48.5 Å². The molecular formula is C23H17BrO4. The number of allylic oxidation sites excluding steroid dienone is 1. The van der Waals surface area contributed by atoms with Crippen molar-refractivity contribution in [3.8, 4) is 17.2 Å². The molecule has 0 aliphatic carbocycles. The lowest BCUT2D eigenvalue weighted by Gasteiger charge is -2.07. The topological polar surface area (TPSA) is 44.8 Å². The average molecular weight is 437 g/mol. The Bertz CT molecular complexity index is 1040. The molecule has 28 heavy (non-hydrogen) atoms. The molecule has 0 atom stereocenters. The number of hydrogen-bond donors (Lipinski definition) is 0. The number of Topliss-reactive ketones (excluding diaryl/α,β-unsaturated/α-hetero) is 1.